The lowest BCUT2D eigenvalue weighted by Gasteiger charge is -2.35. The highest BCUT2D eigenvalue weighted by Crippen LogP contribution is 2.18. The number of nitrogens with zero attached hydrogens (tertiary/aromatic N) is 1. The van der Waals surface area contributed by atoms with Crippen LogP contribution in [0.5, 0.6) is 0 Å². The van der Waals surface area contributed by atoms with Crippen molar-refractivity contribution in [3.8, 4) is 0 Å². The van der Waals surface area contributed by atoms with E-state index < -0.39 is 12.3 Å². The van der Waals surface area contributed by atoms with Gasteiger partial charge in [0.1, 0.15) is 6.17 Å². The molecule has 13 heavy (non-hydrogen) atoms. The summed E-state index contributed by atoms with van der Waals surface area (Å²) in [4.78, 5) is 5.48. The van der Waals surface area contributed by atoms with Crippen LogP contribution in [0.25, 0.3) is 0 Å². The van der Waals surface area contributed by atoms with Gasteiger partial charge in [0.15, 0.2) is 0 Å². The molecule has 1 N–H and O–H groups in total. The zero-order chi connectivity index (χ0) is 10.1. The molecule has 3 nitrogen and oxygen atoms in total. The van der Waals surface area contributed by atoms with Gasteiger partial charge < -0.3 is 5.11 Å². The lowest BCUT2D eigenvalue weighted by Crippen LogP contribution is -2.47. The molecule has 2 atom stereocenters. The summed E-state index contributed by atoms with van der Waals surface area (Å²) >= 11 is 0. The molecule has 1 aliphatic heterocycles. The van der Waals surface area contributed by atoms with Crippen LogP contribution in [0.2, 0.25) is 0 Å². The Morgan fingerprint density at radius 1 is 1.46 bits per heavy atom. The summed E-state index contributed by atoms with van der Waals surface area (Å²) in [5.74, 6) is 0. The molecule has 0 radical (unpaired) electrons. The second-order valence-electron chi connectivity index (χ2n) is 4.46. The molecule has 4 heteroatoms. The molecule has 0 aromatic heterocycles. The summed E-state index contributed by atoms with van der Waals surface area (Å²) in [6.45, 7) is 6.53. The Balaban J connectivity index is 2.38. The molecule has 0 amide bonds. The maximum absolute atomic E-state index is 13.0. The zero-order valence-electron chi connectivity index (χ0n) is 8.46. The summed E-state index contributed by atoms with van der Waals surface area (Å²) in [5, 5.41) is 10.7. The van der Waals surface area contributed by atoms with Crippen LogP contribution in [0.3, 0.4) is 0 Å². The molecule has 1 heterocycles. The SMILES string of the molecule is CC(C)(C)ON1CCC(O)C(F)C1. The summed E-state index contributed by atoms with van der Waals surface area (Å²) in [6.07, 6.45) is -1.56. The van der Waals surface area contributed by atoms with Gasteiger partial charge in [-0.3, -0.25) is 4.84 Å². The largest absolute Gasteiger partial charge is 0.390 e. The van der Waals surface area contributed by atoms with E-state index in [1.54, 1.807) is 5.06 Å². The second-order valence-corrected chi connectivity index (χ2v) is 4.46. The van der Waals surface area contributed by atoms with Gasteiger partial charge in [0.25, 0.3) is 0 Å². The Morgan fingerprint density at radius 2 is 2.08 bits per heavy atom. The van der Waals surface area contributed by atoms with Crippen LogP contribution in [-0.4, -0.2) is 41.1 Å². The first kappa shape index (κ1) is 10.9. The van der Waals surface area contributed by atoms with E-state index in [1.165, 1.54) is 0 Å². The van der Waals surface area contributed by atoms with E-state index in [-0.39, 0.29) is 12.1 Å². The fourth-order valence-corrected chi connectivity index (χ4v) is 1.33. The molecule has 0 aromatic carbocycles. The molecule has 1 saturated heterocycles. The maximum atomic E-state index is 13.0. The van der Waals surface area contributed by atoms with Crippen LogP contribution in [-0.2, 0) is 4.84 Å². The summed E-state index contributed by atoms with van der Waals surface area (Å²) in [6, 6.07) is 0. The Bertz CT molecular complexity index is 169. The number of aliphatic hydroxyl groups is 1. The molecule has 0 aliphatic carbocycles. The fourth-order valence-electron chi connectivity index (χ4n) is 1.33. The first-order valence-electron chi connectivity index (χ1n) is 4.65. The normalized spacial score (nSPS) is 32.1. The van der Waals surface area contributed by atoms with Gasteiger partial charge in [-0.1, -0.05) is 0 Å². The van der Waals surface area contributed by atoms with Gasteiger partial charge >= 0.3 is 0 Å². The average Bonchev–Trinajstić information content (AvgIpc) is 1.94. The Hall–Kier alpha value is -0.190. The lowest BCUT2D eigenvalue weighted by molar-refractivity contribution is -0.251. The monoisotopic (exact) mass is 191 g/mol. The van der Waals surface area contributed by atoms with Gasteiger partial charge in [-0.05, 0) is 27.2 Å². The van der Waals surface area contributed by atoms with Gasteiger partial charge in [0, 0.05) is 6.54 Å². The first-order valence-corrected chi connectivity index (χ1v) is 4.65. The third kappa shape index (κ3) is 3.58. The van der Waals surface area contributed by atoms with E-state index in [9.17, 15) is 4.39 Å². The van der Waals surface area contributed by atoms with Crippen molar-refractivity contribution in [2.24, 2.45) is 0 Å². The molecule has 0 aromatic rings. The standard InChI is InChI=1S/C9H18FNO2/c1-9(2,3)13-11-5-4-8(12)7(10)6-11/h7-8,12H,4-6H2,1-3H3. The van der Waals surface area contributed by atoms with E-state index in [0.29, 0.717) is 13.0 Å². The molecule has 0 saturated carbocycles. The molecular formula is C9H18FNO2. The van der Waals surface area contributed by atoms with Crippen molar-refractivity contribution in [2.45, 2.75) is 45.1 Å². The topological polar surface area (TPSA) is 32.7 Å². The number of alkyl halides is 1. The molecule has 1 aliphatic rings. The van der Waals surface area contributed by atoms with E-state index in [2.05, 4.69) is 0 Å². The number of hydroxylamine groups is 2. The third-order valence-electron chi connectivity index (χ3n) is 1.87. The number of halogens is 1. The summed E-state index contributed by atoms with van der Waals surface area (Å²) < 4.78 is 13.0. The van der Waals surface area contributed by atoms with Crippen molar-refractivity contribution in [3.63, 3.8) is 0 Å². The van der Waals surface area contributed by atoms with Crippen molar-refractivity contribution in [2.75, 3.05) is 13.1 Å². The third-order valence-corrected chi connectivity index (χ3v) is 1.87. The van der Waals surface area contributed by atoms with Crippen molar-refractivity contribution < 1.29 is 14.3 Å². The van der Waals surface area contributed by atoms with Crippen LogP contribution >= 0.6 is 0 Å². The summed E-state index contributed by atoms with van der Waals surface area (Å²) in [7, 11) is 0. The van der Waals surface area contributed by atoms with E-state index in [4.69, 9.17) is 9.94 Å². The molecule has 1 rings (SSSR count). The zero-order valence-corrected chi connectivity index (χ0v) is 8.46. The predicted octanol–water partition coefficient (Wildman–Crippen LogP) is 1.12. The quantitative estimate of drug-likeness (QED) is 0.674. The maximum Gasteiger partial charge on any atom is 0.141 e. The highest BCUT2D eigenvalue weighted by Gasteiger charge is 2.30. The minimum absolute atomic E-state index is 0.165. The van der Waals surface area contributed by atoms with Crippen molar-refractivity contribution in [1.82, 2.24) is 5.06 Å². The number of piperidine rings is 1. The average molecular weight is 191 g/mol. The molecule has 2 unspecified atom stereocenters. The van der Waals surface area contributed by atoms with Gasteiger partial charge in [-0.15, -0.1) is 0 Å². The van der Waals surface area contributed by atoms with Crippen LogP contribution < -0.4 is 0 Å². The molecule has 1 fully saturated rings. The van der Waals surface area contributed by atoms with E-state index in [0.717, 1.165) is 0 Å². The highest BCUT2D eigenvalue weighted by molar-refractivity contribution is 4.77. The first-order chi connectivity index (χ1) is 5.88. The molecule has 0 bridgehead atoms. The number of hydrogen-bond donors (Lipinski definition) is 1. The second kappa shape index (κ2) is 3.90. The van der Waals surface area contributed by atoms with Crippen LogP contribution in [0.1, 0.15) is 27.2 Å². The summed E-state index contributed by atoms with van der Waals surface area (Å²) in [5.41, 5.74) is -0.290. The van der Waals surface area contributed by atoms with Gasteiger partial charge in [-0.2, -0.15) is 5.06 Å². The van der Waals surface area contributed by atoms with E-state index in [1.807, 2.05) is 20.8 Å². The lowest BCUT2D eigenvalue weighted by atomic mass is 10.1. The molecule has 78 valence electrons. The van der Waals surface area contributed by atoms with E-state index >= 15 is 0 Å². The Morgan fingerprint density at radius 3 is 2.54 bits per heavy atom. The molecule has 0 spiro atoms. The Kier molecular flexibility index (Phi) is 3.27. The predicted molar refractivity (Wildman–Crippen MR) is 47.9 cm³/mol. The number of aliphatic hydroxyl groups excluding tert-OH is 1. The fraction of sp³-hybridized carbons (Fsp3) is 1.00. The minimum atomic E-state index is -1.18. The van der Waals surface area contributed by atoms with Gasteiger partial charge in [0.2, 0.25) is 0 Å². The van der Waals surface area contributed by atoms with Crippen LogP contribution in [0, 0.1) is 0 Å². The van der Waals surface area contributed by atoms with Crippen molar-refractivity contribution in [3.05, 3.63) is 0 Å². The van der Waals surface area contributed by atoms with Crippen LogP contribution in [0.15, 0.2) is 0 Å². The Labute approximate surface area is 78.4 Å². The number of rotatable bonds is 1. The van der Waals surface area contributed by atoms with Gasteiger partial charge in [0.05, 0.1) is 18.2 Å². The van der Waals surface area contributed by atoms with Gasteiger partial charge in [-0.25, -0.2) is 4.39 Å². The van der Waals surface area contributed by atoms with Crippen molar-refractivity contribution in [1.29, 1.82) is 0 Å². The van der Waals surface area contributed by atoms with Crippen molar-refractivity contribution >= 4 is 0 Å². The minimum Gasteiger partial charge on any atom is -0.390 e. The highest BCUT2D eigenvalue weighted by atomic mass is 19.1. The smallest absolute Gasteiger partial charge is 0.141 e. The number of hydrogen-bond acceptors (Lipinski definition) is 3. The van der Waals surface area contributed by atoms with Crippen LogP contribution in [0.4, 0.5) is 4.39 Å². The molecular weight excluding hydrogens is 173 g/mol.